The average molecular weight is 245 g/mol. The van der Waals surface area contributed by atoms with E-state index in [1.165, 1.54) is 11.3 Å². The second kappa shape index (κ2) is 6.81. The maximum absolute atomic E-state index is 11.5. The van der Waals surface area contributed by atoms with E-state index >= 15 is 0 Å². The number of nitrogens with two attached hydrogens (primary N) is 1. The fraction of sp³-hybridized carbons (Fsp3) is 0.556. The number of hydrogen-bond donors (Lipinski definition) is 2. The number of nitrogens with zero attached hydrogens (tertiary/aromatic N) is 1. The molecule has 0 unspecified atom stereocenters. The third kappa shape index (κ3) is 4.63. The van der Waals surface area contributed by atoms with Crippen LogP contribution < -0.4 is 11.1 Å². The molecule has 3 N–H and O–H groups in total. The highest BCUT2D eigenvalue weighted by Crippen LogP contribution is 2.03. The monoisotopic (exact) mass is 245 g/mol. The number of rotatable bonds is 6. The first-order valence-corrected chi connectivity index (χ1v) is 6.92. The minimum absolute atomic E-state index is 0.0979. The van der Waals surface area contributed by atoms with Crippen LogP contribution in [-0.4, -0.2) is 28.9 Å². The summed E-state index contributed by atoms with van der Waals surface area (Å²) in [6.45, 7) is 0.476. The Balaban J connectivity index is 2.23. The van der Waals surface area contributed by atoms with Crippen LogP contribution in [0.3, 0.4) is 0 Å². The zero-order chi connectivity index (χ0) is 11.1. The van der Waals surface area contributed by atoms with E-state index in [-0.39, 0.29) is 5.91 Å². The van der Waals surface area contributed by atoms with Crippen molar-refractivity contribution in [1.82, 2.24) is 10.3 Å². The van der Waals surface area contributed by atoms with E-state index in [1.54, 1.807) is 18.0 Å². The van der Waals surface area contributed by atoms with Crippen LogP contribution >= 0.6 is 23.1 Å². The first-order chi connectivity index (χ1) is 7.24. The Bertz CT molecular complexity index is 290. The molecule has 0 aromatic carbocycles. The van der Waals surface area contributed by atoms with Gasteiger partial charge in [0.25, 0.3) is 0 Å². The third-order valence-corrected chi connectivity index (χ3v) is 3.29. The maximum atomic E-state index is 11.5. The van der Waals surface area contributed by atoms with Gasteiger partial charge in [0.15, 0.2) is 0 Å². The van der Waals surface area contributed by atoms with Crippen molar-refractivity contribution in [3.05, 3.63) is 16.6 Å². The standard InChI is InChI=1S/C9H15N3OS2/c1-14-4-2-7(10)9(13)12-6-8-11-3-5-15-8/h3,5,7H,2,4,6,10H2,1H3,(H,12,13)/t7-/m1/s1. The Morgan fingerprint density at radius 2 is 2.60 bits per heavy atom. The van der Waals surface area contributed by atoms with E-state index in [0.29, 0.717) is 13.0 Å². The fourth-order valence-corrected chi connectivity index (χ4v) is 2.06. The first kappa shape index (κ1) is 12.5. The minimum Gasteiger partial charge on any atom is -0.348 e. The van der Waals surface area contributed by atoms with E-state index in [2.05, 4.69) is 10.3 Å². The van der Waals surface area contributed by atoms with E-state index < -0.39 is 6.04 Å². The van der Waals surface area contributed by atoms with Gasteiger partial charge in [-0.25, -0.2) is 4.98 Å². The van der Waals surface area contributed by atoms with Crippen LogP contribution in [0.5, 0.6) is 0 Å². The Morgan fingerprint density at radius 3 is 3.20 bits per heavy atom. The molecule has 0 bridgehead atoms. The van der Waals surface area contributed by atoms with Gasteiger partial charge in [0.1, 0.15) is 5.01 Å². The van der Waals surface area contributed by atoms with E-state index in [4.69, 9.17) is 5.73 Å². The summed E-state index contributed by atoms with van der Waals surface area (Å²) in [5.74, 6) is 0.811. The van der Waals surface area contributed by atoms with Crippen molar-refractivity contribution >= 4 is 29.0 Å². The van der Waals surface area contributed by atoms with Crippen molar-refractivity contribution in [1.29, 1.82) is 0 Å². The number of nitrogens with one attached hydrogen (secondary N) is 1. The van der Waals surface area contributed by atoms with Gasteiger partial charge < -0.3 is 11.1 Å². The molecular formula is C9H15N3OS2. The van der Waals surface area contributed by atoms with Gasteiger partial charge in [-0.2, -0.15) is 11.8 Å². The fourth-order valence-electron chi connectivity index (χ4n) is 1.01. The summed E-state index contributed by atoms with van der Waals surface area (Å²) in [5.41, 5.74) is 5.70. The van der Waals surface area contributed by atoms with Gasteiger partial charge in [-0.05, 0) is 18.4 Å². The van der Waals surface area contributed by atoms with Crippen LogP contribution in [0, 0.1) is 0 Å². The molecule has 1 amide bonds. The SMILES string of the molecule is CSCC[C@@H](N)C(=O)NCc1nccs1. The second-order valence-corrected chi connectivity index (χ2v) is 5.00. The number of hydrogen-bond acceptors (Lipinski definition) is 5. The molecule has 0 radical (unpaired) electrons. The normalized spacial score (nSPS) is 12.4. The van der Waals surface area contributed by atoms with E-state index in [0.717, 1.165) is 10.8 Å². The molecule has 1 rings (SSSR count). The first-order valence-electron chi connectivity index (χ1n) is 4.64. The Hall–Kier alpha value is -0.590. The molecule has 0 aliphatic rings. The summed E-state index contributed by atoms with van der Waals surface area (Å²) in [6.07, 6.45) is 4.44. The number of amides is 1. The third-order valence-electron chi connectivity index (χ3n) is 1.87. The number of aromatic nitrogens is 1. The van der Waals surface area contributed by atoms with Crippen LogP contribution in [0.25, 0.3) is 0 Å². The molecule has 0 aliphatic heterocycles. The smallest absolute Gasteiger partial charge is 0.237 e. The van der Waals surface area contributed by atoms with Crippen LogP contribution in [0.4, 0.5) is 0 Å². The highest BCUT2D eigenvalue weighted by Gasteiger charge is 2.12. The van der Waals surface area contributed by atoms with Gasteiger partial charge in [-0.3, -0.25) is 4.79 Å². The number of carbonyl (C=O) groups is 1. The largest absolute Gasteiger partial charge is 0.348 e. The number of carbonyl (C=O) groups excluding carboxylic acids is 1. The predicted octanol–water partition coefficient (Wildman–Crippen LogP) is 0.840. The highest BCUT2D eigenvalue weighted by atomic mass is 32.2. The maximum Gasteiger partial charge on any atom is 0.237 e. The van der Waals surface area contributed by atoms with E-state index in [9.17, 15) is 4.79 Å². The molecule has 0 saturated carbocycles. The molecule has 1 atom stereocenters. The molecule has 15 heavy (non-hydrogen) atoms. The summed E-state index contributed by atoms with van der Waals surface area (Å²) in [5, 5.41) is 5.56. The number of thioether (sulfide) groups is 1. The molecule has 1 aromatic rings. The van der Waals surface area contributed by atoms with Crippen molar-refractivity contribution in [2.24, 2.45) is 5.73 Å². The molecule has 4 nitrogen and oxygen atoms in total. The Morgan fingerprint density at radius 1 is 1.80 bits per heavy atom. The molecule has 1 aromatic heterocycles. The Labute approximate surface area is 97.7 Å². The average Bonchev–Trinajstić information content (AvgIpc) is 2.75. The summed E-state index contributed by atoms with van der Waals surface area (Å²) in [4.78, 5) is 15.5. The second-order valence-electron chi connectivity index (χ2n) is 3.03. The van der Waals surface area contributed by atoms with Gasteiger partial charge >= 0.3 is 0 Å². The van der Waals surface area contributed by atoms with Gasteiger partial charge in [-0.15, -0.1) is 11.3 Å². The van der Waals surface area contributed by atoms with Crippen molar-refractivity contribution in [2.75, 3.05) is 12.0 Å². The van der Waals surface area contributed by atoms with Gasteiger partial charge in [0.2, 0.25) is 5.91 Å². The van der Waals surface area contributed by atoms with Crippen molar-refractivity contribution in [3.63, 3.8) is 0 Å². The molecule has 0 aliphatic carbocycles. The highest BCUT2D eigenvalue weighted by molar-refractivity contribution is 7.98. The van der Waals surface area contributed by atoms with Gasteiger partial charge in [0, 0.05) is 11.6 Å². The predicted molar refractivity (Wildman–Crippen MR) is 64.9 cm³/mol. The molecule has 0 fully saturated rings. The summed E-state index contributed by atoms with van der Waals surface area (Å²) in [6, 6.07) is -0.405. The molecule has 84 valence electrons. The lowest BCUT2D eigenvalue weighted by Crippen LogP contribution is -2.40. The quantitative estimate of drug-likeness (QED) is 0.779. The lowest BCUT2D eigenvalue weighted by Gasteiger charge is -2.10. The van der Waals surface area contributed by atoms with Crippen LogP contribution in [0.15, 0.2) is 11.6 Å². The lowest BCUT2D eigenvalue weighted by atomic mass is 10.2. The van der Waals surface area contributed by atoms with Gasteiger partial charge in [-0.1, -0.05) is 0 Å². The van der Waals surface area contributed by atoms with Gasteiger partial charge in [0.05, 0.1) is 12.6 Å². The zero-order valence-corrected chi connectivity index (χ0v) is 10.2. The number of thiazole rings is 1. The zero-order valence-electron chi connectivity index (χ0n) is 8.60. The van der Waals surface area contributed by atoms with Crippen molar-refractivity contribution < 1.29 is 4.79 Å². The van der Waals surface area contributed by atoms with Crippen molar-refractivity contribution in [2.45, 2.75) is 19.0 Å². The molecule has 1 heterocycles. The topological polar surface area (TPSA) is 68.0 Å². The molecular weight excluding hydrogens is 230 g/mol. The summed E-state index contributed by atoms with van der Waals surface area (Å²) in [7, 11) is 0. The van der Waals surface area contributed by atoms with Crippen LogP contribution in [0.1, 0.15) is 11.4 Å². The van der Waals surface area contributed by atoms with Crippen LogP contribution in [0.2, 0.25) is 0 Å². The molecule has 0 saturated heterocycles. The lowest BCUT2D eigenvalue weighted by molar-refractivity contribution is -0.122. The Kier molecular flexibility index (Phi) is 5.67. The molecule has 0 spiro atoms. The molecule has 6 heteroatoms. The summed E-state index contributed by atoms with van der Waals surface area (Å²) >= 11 is 3.22. The van der Waals surface area contributed by atoms with Crippen LogP contribution in [-0.2, 0) is 11.3 Å². The minimum atomic E-state index is -0.405. The summed E-state index contributed by atoms with van der Waals surface area (Å²) < 4.78 is 0. The van der Waals surface area contributed by atoms with E-state index in [1.807, 2.05) is 11.6 Å². The van der Waals surface area contributed by atoms with Crippen molar-refractivity contribution in [3.8, 4) is 0 Å².